The molecule has 8 N–H and O–H groups in total. The summed E-state index contributed by atoms with van der Waals surface area (Å²) in [5.74, 6) is -0.0478. The number of nitrogens with two attached hydrogens (primary N) is 2. The van der Waals surface area contributed by atoms with Gasteiger partial charge in [-0.25, -0.2) is 19.4 Å². The van der Waals surface area contributed by atoms with E-state index in [1.165, 1.54) is 27.7 Å². The zero-order valence-electron chi connectivity index (χ0n) is 22.7. The maximum atomic E-state index is 13.9. The Morgan fingerprint density at radius 3 is 2.69 bits per heavy atom. The van der Waals surface area contributed by atoms with E-state index < -0.39 is 62.5 Å². The fourth-order valence-corrected chi connectivity index (χ4v) is 6.42. The first-order chi connectivity index (χ1) is 20.1. The third kappa shape index (κ3) is 6.40. The van der Waals surface area contributed by atoms with Crippen LogP contribution < -0.4 is 27.8 Å². The number of rotatable bonds is 12. The van der Waals surface area contributed by atoms with Crippen LogP contribution in [0, 0.1) is 0 Å². The summed E-state index contributed by atoms with van der Waals surface area (Å²) in [5, 5.41) is 23.4. The van der Waals surface area contributed by atoms with Crippen molar-refractivity contribution in [2.75, 3.05) is 31.2 Å². The summed E-state index contributed by atoms with van der Waals surface area (Å²) in [6, 6.07) is 1.44. The Morgan fingerprint density at radius 1 is 1.19 bits per heavy atom. The van der Waals surface area contributed by atoms with Crippen molar-refractivity contribution in [1.29, 1.82) is 0 Å². The van der Waals surface area contributed by atoms with E-state index in [0.717, 1.165) is 6.42 Å². The van der Waals surface area contributed by atoms with Crippen LogP contribution >= 0.6 is 7.75 Å². The van der Waals surface area contributed by atoms with Crippen molar-refractivity contribution in [2.24, 2.45) is 0 Å². The third-order valence-corrected chi connectivity index (χ3v) is 8.65. The summed E-state index contributed by atoms with van der Waals surface area (Å²) < 4.78 is 40.0. The minimum Gasteiger partial charge on any atom is -0.394 e. The predicted octanol–water partition coefficient (Wildman–Crippen LogP) is -0.631. The molecule has 230 valence electrons. The van der Waals surface area contributed by atoms with Crippen molar-refractivity contribution >= 4 is 30.7 Å². The van der Waals surface area contributed by atoms with Crippen LogP contribution in [0.25, 0.3) is 11.2 Å². The number of nitrogens with one attached hydrogen (secondary N) is 2. The molecule has 7 atom stereocenters. The molecule has 0 spiro atoms. The number of unbranched alkanes of at least 4 members (excludes halogenated alkanes) is 1. The molecule has 0 aromatic carbocycles. The molecule has 5 heterocycles. The van der Waals surface area contributed by atoms with Gasteiger partial charge >= 0.3 is 13.4 Å². The Labute approximate surface area is 238 Å². The van der Waals surface area contributed by atoms with Crippen LogP contribution in [0.2, 0.25) is 0 Å². The van der Waals surface area contributed by atoms with Gasteiger partial charge in [0.25, 0.3) is 5.56 Å². The summed E-state index contributed by atoms with van der Waals surface area (Å²) >= 11 is 0. The van der Waals surface area contributed by atoms with E-state index in [0.29, 0.717) is 13.0 Å². The Morgan fingerprint density at radius 2 is 1.95 bits per heavy atom. The van der Waals surface area contributed by atoms with E-state index in [1.54, 1.807) is 0 Å². The number of fused-ring (bicyclic) bond motifs is 1. The molecule has 1 unspecified atom stereocenters. The third-order valence-electron chi connectivity index (χ3n) is 7.01. The zero-order valence-corrected chi connectivity index (χ0v) is 23.6. The summed E-state index contributed by atoms with van der Waals surface area (Å²) in [7, 11) is -4.05. The van der Waals surface area contributed by atoms with Gasteiger partial charge in [0, 0.05) is 25.6 Å². The van der Waals surface area contributed by atoms with Gasteiger partial charge in [-0.15, -0.1) is 0 Å². The van der Waals surface area contributed by atoms with E-state index in [2.05, 4.69) is 25.0 Å². The number of anilines is 2. The number of hydrogen-bond donors (Lipinski definition) is 6. The average molecular weight is 612 g/mol. The highest BCUT2D eigenvalue weighted by Gasteiger charge is 2.44. The number of ether oxygens (including phenoxy) is 2. The molecule has 3 aromatic rings. The van der Waals surface area contributed by atoms with Crippen LogP contribution in [0.1, 0.15) is 45.1 Å². The van der Waals surface area contributed by atoms with Gasteiger partial charge in [0.1, 0.15) is 36.6 Å². The Hall–Kier alpha value is -3.22. The monoisotopic (exact) mass is 611 g/mol. The zero-order chi connectivity index (χ0) is 30.0. The highest BCUT2D eigenvalue weighted by atomic mass is 31.2. The van der Waals surface area contributed by atoms with Gasteiger partial charge in [0.2, 0.25) is 5.95 Å². The number of aliphatic hydroxyl groups excluding tert-OH is 2. The standard InChI is InChI=1S/C23H34N9O9P/c1-2-3-5-27-42(37,38-10-15-12(34)7-17(40-15)31-6-4-16(24)28-23(31)36)41-13-8-18(39-14(13)9-33)32-11-26-19-20(32)29-22(25)30-21(19)35/h4,6,11-15,17-18,33-34H,2-3,5,7-10H2,1H3,(H,27,37)(H2,24,28,36)(H3,25,29,30,35)/t12-,13-,14-,15-,17-,18-,42?/m1/s1. The minimum atomic E-state index is -4.05. The topological polar surface area (TPSA) is 257 Å². The second-order valence-corrected chi connectivity index (χ2v) is 11.8. The van der Waals surface area contributed by atoms with E-state index in [9.17, 15) is 24.4 Å². The number of nitrogen functional groups attached to an aromatic ring is 2. The van der Waals surface area contributed by atoms with Crippen molar-refractivity contribution in [3.63, 3.8) is 0 Å². The first-order valence-electron chi connectivity index (χ1n) is 13.5. The highest BCUT2D eigenvalue weighted by Crippen LogP contribution is 2.49. The van der Waals surface area contributed by atoms with E-state index >= 15 is 0 Å². The predicted molar refractivity (Wildman–Crippen MR) is 147 cm³/mol. The molecule has 0 amide bonds. The molecule has 2 saturated heterocycles. The van der Waals surface area contributed by atoms with Gasteiger partial charge in [0.05, 0.1) is 25.6 Å². The van der Waals surface area contributed by atoms with Gasteiger partial charge in [-0.3, -0.25) is 28.0 Å². The Kier molecular flexibility index (Phi) is 9.05. The second-order valence-electron chi connectivity index (χ2n) is 10.00. The highest BCUT2D eigenvalue weighted by molar-refractivity contribution is 7.51. The van der Waals surface area contributed by atoms with Crippen molar-refractivity contribution < 1.29 is 33.3 Å². The lowest BCUT2D eigenvalue weighted by atomic mass is 10.2. The van der Waals surface area contributed by atoms with Crippen molar-refractivity contribution in [2.45, 2.75) is 69.5 Å². The first kappa shape index (κ1) is 30.2. The number of hydrogen-bond acceptors (Lipinski definition) is 14. The van der Waals surface area contributed by atoms with Crippen LogP contribution in [0.4, 0.5) is 11.8 Å². The van der Waals surface area contributed by atoms with Gasteiger partial charge in [-0.1, -0.05) is 13.3 Å². The normalized spacial score (nSPS) is 27.5. The number of aromatic amines is 1. The average Bonchev–Trinajstić information content (AvgIpc) is 3.64. The van der Waals surface area contributed by atoms with E-state index in [1.807, 2.05) is 6.92 Å². The Balaban J connectivity index is 1.29. The lowest BCUT2D eigenvalue weighted by Crippen LogP contribution is -2.32. The smallest absolute Gasteiger partial charge is 0.394 e. The minimum absolute atomic E-state index is 0.0541. The first-order valence-corrected chi connectivity index (χ1v) is 15.0. The molecule has 2 fully saturated rings. The fraction of sp³-hybridized carbons (Fsp3) is 0.609. The fourth-order valence-electron chi connectivity index (χ4n) is 4.84. The van der Waals surface area contributed by atoms with Gasteiger partial charge in [-0.05, 0) is 12.5 Å². The molecule has 0 aliphatic carbocycles. The van der Waals surface area contributed by atoms with Crippen LogP contribution in [0.3, 0.4) is 0 Å². The molecule has 42 heavy (non-hydrogen) atoms. The second kappa shape index (κ2) is 12.6. The lowest BCUT2D eigenvalue weighted by molar-refractivity contribution is -0.0522. The quantitative estimate of drug-likeness (QED) is 0.110. The summed E-state index contributed by atoms with van der Waals surface area (Å²) in [6.45, 7) is 1.47. The van der Waals surface area contributed by atoms with Gasteiger partial charge in [0.15, 0.2) is 11.2 Å². The van der Waals surface area contributed by atoms with Crippen molar-refractivity contribution in [1.82, 2.24) is 34.2 Å². The summed E-state index contributed by atoms with van der Waals surface area (Å²) in [6.07, 6.45) is -0.954. The number of H-pyrrole nitrogens is 1. The van der Waals surface area contributed by atoms with Crippen LogP contribution in [-0.4, -0.2) is 83.5 Å². The molecule has 5 rings (SSSR count). The maximum Gasteiger partial charge on any atom is 0.405 e. The molecular weight excluding hydrogens is 577 g/mol. The van der Waals surface area contributed by atoms with Gasteiger partial charge < -0.3 is 31.2 Å². The number of aliphatic hydroxyl groups is 2. The van der Waals surface area contributed by atoms with Crippen LogP contribution in [0.5, 0.6) is 0 Å². The van der Waals surface area contributed by atoms with Gasteiger partial charge in [-0.2, -0.15) is 9.97 Å². The van der Waals surface area contributed by atoms with Crippen molar-refractivity contribution in [3.05, 3.63) is 39.4 Å². The van der Waals surface area contributed by atoms with E-state index in [4.69, 9.17) is 30.0 Å². The van der Waals surface area contributed by atoms with E-state index in [-0.39, 0.29) is 42.4 Å². The molecule has 0 radical (unpaired) electrons. The molecule has 0 saturated carbocycles. The molecule has 19 heteroatoms. The summed E-state index contributed by atoms with van der Waals surface area (Å²) in [4.78, 5) is 38.7. The van der Waals surface area contributed by atoms with Crippen LogP contribution in [-0.2, 0) is 23.1 Å². The van der Waals surface area contributed by atoms with Crippen LogP contribution in [0.15, 0.2) is 28.2 Å². The number of aromatic nitrogens is 6. The summed E-state index contributed by atoms with van der Waals surface area (Å²) in [5.41, 5.74) is 10.3. The SMILES string of the molecule is CCCCNP(=O)(OC[C@H]1O[C@@H](n2ccc(N)nc2=O)C[C@H]1O)O[C@@H]1C[C@H](n2cnc3c(=O)[nH]c(N)nc32)O[C@@H]1CO. The van der Waals surface area contributed by atoms with Crippen molar-refractivity contribution in [3.8, 4) is 0 Å². The molecule has 2 aliphatic rings. The molecule has 0 bridgehead atoms. The lowest BCUT2D eigenvalue weighted by Gasteiger charge is -2.26. The maximum absolute atomic E-state index is 13.9. The number of imidazole rings is 1. The number of nitrogens with zero attached hydrogens (tertiary/aromatic N) is 5. The molecule has 18 nitrogen and oxygen atoms in total. The molecule has 3 aromatic heterocycles. The molecular formula is C23H34N9O9P. The molecule has 2 aliphatic heterocycles. The Bertz CT molecular complexity index is 1560. The largest absolute Gasteiger partial charge is 0.405 e.